The van der Waals surface area contributed by atoms with Gasteiger partial charge in [0.15, 0.2) is 0 Å². The number of hydrogen-bond donors (Lipinski definition) is 1. The molecule has 0 atom stereocenters. The number of aromatic nitrogens is 1. The second-order valence-electron chi connectivity index (χ2n) is 4.41. The van der Waals surface area contributed by atoms with Gasteiger partial charge in [-0.15, -0.1) is 0 Å². The fourth-order valence-electron chi connectivity index (χ4n) is 2.10. The SMILES string of the molecule is N#Cc1cn(-c2ccc(C(=O)O)o2)cc1-c1ccccc1. The number of nitriles is 1. The Bertz CT molecular complexity index is 838. The van der Waals surface area contributed by atoms with E-state index < -0.39 is 5.97 Å². The number of furan rings is 1. The van der Waals surface area contributed by atoms with Crippen LogP contribution < -0.4 is 0 Å². The van der Waals surface area contributed by atoms with E-state index in [1.54, 1.807) is 23.0 Å². The number of nitrogens with zero attached hydrogens (tertiary/aromatic N) is 2. The Morgan fingerprint density at radius 2 is 1.90 bits per heavy atom. The zero-order valence-corrected chi connectivity index (χ0v) is 10.9. The van der Waals surface area contributed by atoms with Crippen LogP contribution in [0.3, 0.4) is 0 Å². The maximum atomic E-state index is 10.8. The summed E-state index contributed by atoms with van der Waals surface area (Å²) in [7, 11) is 0. The molecular weight excluding hydrogens is 268 g/mol. The van der Waals surface area contributed by atoms with Crippen LogP contribution in [0.5, 0.6) is 0 Å². The lowest BCUT2D eigenvalue weighted by Crippen LogP contribution is -1.92. The van der Waals surface area contributed by atoms with E-state index in [2.05, 4.69) is 6.07 Å². The largest absolute Gasteiger partial charge is 0.475 e. The van der Waals surface area contributed by atoms with Gasteiger partial charge >= 0.3 is 5.97 Å². The third-order valence-corrected chi connectivity index (χ3v) is 3.09. The molecule has 5 heteroatoms. The summed E-state index contributed by atoms with van der Waals surface area (Å²) >= 11 is 0. The number of carbonyl (C=O) groups is 1. The minimum atomic E-state index is -1.13. The molecule has 0 bridgehead atoms. The molecule has 0 spiro atoms. The predicted octanol–water partition coefficient (Wildman–Crippen LogP) is 3.31. The smallest absolute Gasteiger partial charge is 0.371 e. The van der Waals surface area contributed by atoms with Gasteiger partial charge in [0.2, 0.25) is 11.6 Å². The van der Waals surface area contributed by atoms with Gasteiger partial charge in [-0.1, -0.05) is 30.3 Å². The zero-order chi connectivity index (χ0) is 14.8. The van der Waals surface area contributed by atoms with Gasteiger partial charge in [0.05, 0.1) is 5.56 Å². The quantitative estimate of drug-likeness (QED) is 0.797. The summed E-state index contributed by atoms with van der Waals surface area (Å²) in [5, 5.41) is 18.1. The molecule has 0 aliphatic rings. The Kier molecular flexibility index (Phi) is 3.05. The molecule has 0 aliphatic heterocycles. The standard InChI is InChI=1S/C16H10N2O3/c17-8-12-9-18(15-7-6-14(21-15)16(19)20)10-13(12)11-4-2-1-3-5-11/h1-7,9-10H,(H,19,20). The van der Waals surface area contributed by atoms with E-state index in [-0.39, 0.29) is 5.76 Å². The third kappa shape index (κ3) is 2.30. The fourth-order valence-corrected chi connectivity index (χ4v) is 2.10. The van der Waals surface area contributed by atoms with Crippen molar-refractivity contribution in [3.05, 3.63) is 66.2 Å². The summed E-state index contributed by atoms with van der Waals surface area (Å²) < 4.78 is 6.84. The minimum absolute atomic E-state index is 0.140. The first kappa shape index (κ1) is 12.8. The van der Waals surface area contributed by atoms with Crippen molar-refractivity contribution in [2.45, 2.75) is 0 Å². The molecule has 3 aromatic rings. The number of carboxylic acid groups (broad SMARTS) is 1. The molecule has 21 heavy (non-hydrogen) atoms. The van der Waals surface area contributed by atoms with Crippen LogP contribution in [0, 0.1) is 11.3 Å². The monoisotopic (exact) mass is 278 g/mol. The summed E-state index contributed by atoms with van der Waals surface area (Å²) in [6, 6.07) is 14.6. The molecule has 0 radical (unpaired) electrons. The Balaban J connectivity index is 2.07. The van der Waals surface area contributed by atoms with Crippen molar-refractivity contribution in [2.75, 3.05) is 0 Å². The molecular formula is C16H10N2O3. The van der Waals surface area contributed by atoms with Crippen molar-refractivity contribution in [2.24, 2.45) is 0 Å². The van der Waals surface area contributed by atoms with Crippen molar-refractivity contribution in [1.29, 1.82) is 5.26 Å². The average molecular weight is 278 g/mol. The van der Waals surface area contributed by atoms with Gasteiger partial charge in [-0.2, -0.15) is 5.26 Å². The number of rotatable bonds is 3. The van der Waals surface area contributed by atoms with Crippen molar-refractivity contribution >= 4 is 5.97 Å². The molecule has 0 fully saturated rings. The second kappa shape index (κ2) is 5.02. The molecule has 2 heterocycles. The van der Waals surface area contributed by atoms with Crippen molar-refractivity contribution < 1.29 is 14.3 Å². The normalized spacial score (nSPS) is 10.2. The van der Waals surface area contributed by atoms with Crippen LogP contribution in [-0.4, -0.2) is 15.6 Å². The first-order chi connectivity index (χ1) is 10.2. The lowest BCUT2D eigenvalue weighted by atomic mass is 10.1. The van der Waals surface area contributed by atoms with Gasteiger partial charge in [0.1, 0.15) is 6.07 Å². The van der Waals surface area contributed by atoms with Gasteiger partial charge in [0.25, 0.3) is 0 Å². The lowest BCUT2D eigenvalue weighted by molar-refractivity contribution is 0.0662. The highest BCUT2D eigenvalue weighted by molar-refractivity contribution is 5.84. The van der Waals surface area contributed by atoms with E-state index in [0.29, 0.717) is 11.4 Å². The summed E-state index contributed by atoms with van der Waals surface area (Å²) in [4.78, 5) is 10.8. The van der Waals surface area contributed by atoms with Crippen LogP contribution in [-0.2, 0) is 0 Å². The molecule has 102 valence electrons. The average Bonchev–Trinajstić information content (AvgIpc) is 3.14. The molecule has 3 rings (SSSR count). The summed E-state index contributed by atoms with van der Waals surface area (Å²) in [6.45, 7) is 0. The lowest BCUT2D eigenvalue weighted by Gasteiger charge is -1.98. The highest BCUT2D eigenvalue weighted by Crippen LogP contribution is 2.26. The molecule has 5 nitrogen and oxygen atoms in total. The van der Waals surface area contributed by atoms with Crippen LogP contribution in [0.2, 0.25) is 0 Å². The van der Waals surface area contributed by atoms with Gasteiger partial charge in [-0.05, 0) is 11.6 Å². The summed E-state index contributed by atoms with van der Waals surface area (Å²) in [6.07, 6.45) is 3.37. The molecule has 2 aromatic heterocycles. The van der Waals surface area contributed by atoms with E-state index >= 15 is 0 Å². The van der Waals surface area contributed by atoms with Crippen LogP contribution in [0.4, 0.5) is 0 Å². The van der Waals surface area contributed by atoms with Crippen molar-refractivity contribution in [1.82, 2.24) is 4.57 Å². The Hall–Kier alpha value is -3.26. The van der Waals surface area contributed by atoms with E-state index in [0.717, 1.165) is 11.1 Å². The van der Waals surface area contributed by atoms with E-state index in [1.807, 2.05) is 30.3 Å². The van der Waals surface area contributed by atoms with Gasteiger partial charge < -0.3 is 9.52 Å². The predicted molar refractivity (Wildman–Crippen MR) is 75.1 cm³/mol. The second-order valence-corrected chi connectivity index (χ2v) is 4.41. The molecule has 1 aromatic carbocycles. The topological polar surface area (TPSA) is 79.2 Å². The van der Waals surface area contributed by atoms with Gasteiger partial charge in [-0.3, -0.25) is 4.57 Å². The van der Waals surface area contributed by atoms with Crippen molar-refractivity contribution in [3.8, 4) is 23.1 Å². The van der Waals surface area contributed by atoms with Crippen LogP contribution >= 0.6 is 0 Å². The highest BCUT2D eigenvalue weighted by atomic mass is 16.4. The number of aromatic carboxylic acids is 1. The molecule has 0 amide bonds. The van der Waals surface area contributed by atoms with Crippen LogP contribution in [0.1, 0.15) is 16.1 Å². The molecule has 0 aliphatic carbocycles. The highest BCUT2D eigenvalue weighted by Gasteiger charge is 2.13. The van der Waals surface area contributed by atoms with E-state index in [1.165, 1.54) is 6.07 Å². The van der Waals surface area contributed by atoms with E-state index in [4.69, 9.17) is 9.52 Å². The molecule has 0 saturated heterocycles. The van der Waals surface area contributed by atoms with Crippen LogP contribution in [0.15, 0.2) is 59.3 Å². The number of hydrogen-bond acceptors (Lipinski definition) is 3. The molecule has 1 N–H and O–H groups in total. The number of carboxylic acids is 1. The molecule has 0 saturated carbocycles. The fraction of sp³-hybridized carbons (Fsp3) is 0. The first-order valence-electron chi connectivity index (χ1n) is 6.20. The zero-order valence-electron chi connectivity index (χ0n) is 10.9. The Labute approximate surface area is 120 Å². The Morgan fingerprint density at radius 3 is 2.52 bits per heavy atom. The summed E-state index contributed by atoms with van der Waals surface area (Å²) in [5.41, 5.74) is 2.18. The first-order valence-corrected chi connectivity index (χ1v) is 6.20. The van der Waals surface area contributed by atoms with Crippen LogP contribution in [0.25, 0.3) is 17.0 Å². The van der Waals surface area contributed by atoms with Gasteiger partial charge in [-0.25, -0.2) is 4.79 Å². The maximum absolute atomic E-state index is 10.8. The summed E-state index contributed by atoms with van der Waals surface area (Å²) in [5.74, 6) is -0.915. The minimum Gasteiger partial charge on any atom is -0.475 e. The third-order valence-electron chi connectivity index (χ3n) is 3.09. The van der Waals surface area contributed by atoms with Gasteiger partial charge in [0, 0.05) is 24.0 Å². The number of benzene rings is 1. The maximum Gasteiger partial charge on any atom is 0.371 e. The van der Waals surface area contributed by atoms with Crippen molar-refractivity contribution in [3.63, 3.8) is 0 Å². The van der Waals surface area contributed by atoms with E-state index in [9.17, 15) is 10.1 Å². The molecule has 0 unspecified atom stereocenters. The Morgan fingerprint density at radius 1 is 1.14 bits per heavy atom.